The Morgan fingerprint density at radius 2 is 1.68 bits per heavy atom. The van der Waals surface area contributed by atoms with Crippen molar-refractivity contribution in [3.8, 4) is 5.75 Å². The van der Waals surface area contributed by atoms with Crippen molar-refractivity contribution in [1.82, 2.24) is 5.32 Å². The van der Waals surface area contributed by atoms with E-state index in [0.29, 0.717) is 19.6 Å². The van der Waals surface area contributed by atoms with Gasteiger partial charge in [-0.15, -0.1) is 0 Å². The van der Waals surface area contributed by atoms with Gasteiger partial charge in [-0.25, -0.2) is 9.59 Å². The third kappa shape index (κ3) is 14.3. The number of benzene rings is 2. The molecule has 0 bridgehead atoms. The highest BCUT2D eigenvalue weighted by molar-refractivity contribution is 5.81. The lowest BCUT2D eigenvalue weighted by Crippen LogP contribution is -2.43. The van der Waals surface area contributed by atoms with Crippen LogP contribution in [-0.2, 0) is 25.4 Å². The number of hydrogen-bond donors (Lipinski definition) is 1. The molecule has 1 N–H and O–H groups in total. The van der Waals surface area contributed by atoms with Gasteiger partial charge >= 0.3 is 12.1 Å². The van der Waals surface area contributed by atoms with Crippen LogP contribution in [0.2, 0.25) is 0 Å². The van der Waals surface area contributed by atoms with E-state index in [4.69, 9.17) is 18.9 Å². The van der Waals surface area contributed by atoms with Crippen LogP contribution in [0.5, 0.6) is 5.75 Å². The first-order chi connectivity index (χ1) is 17.4. The van der Waals surface area contributed by atoms with Gasteiger partial charge in [-0.1, -0.05) is 55.0 Å². The molecule has 206 valence electrons. The molecule has 0 fully saturated rings. The van der Waals surface area contributed by atoms with Crippen LogP contribution in [0.3, 0.4) is 0 Å². The molecule has 0 radical (unpaired) electrons. The van der Waals surface area contributed by atoms with Crippen molar-refractivity contribution in [3.63, 3.8) is 0 Å². The Balaban J connectivity index is 0.000000381. The first-order valence-electron chi connectivity index (χ1n) is 12.9. The summed E-state index contributed by atoms with van der Waals surface area (Å²) in [7, 11) is 1.72. The van der Waals surface area contributed by atoms with E-state index in [9.17, 15) is 9.59 Å². The Kier molecular flexibility index (Phi) is 14.4. The van der Waals surface area contributed by atoms with Gasteiger partial charge in [0.25, 0.3) is 0 Å². The van der Waals surface area contributed by atoms with Gasteiger partial charge in [0.1, 0.15) is 23.5 Å². The largest absolute Gasteiger partial charge is 0.496 e. The minimum Gasteiger partial charge on any atom is -0.496 e. The molecule has 1 amide bonds. The maximum absolute atomic E-state index is 11.8. The third-order valence-electron chi connectivity index (χ3n) is 5.09. The second-order valence-electron chi connectivity index (χ2n) is 9.99. The lowest BCUT2D eigenvalue weighted by molar-refractivity contribution is -0.151. The van der Waals surface area contributed by atoms with Crippen LogP contribution in [-0.4, -0.2) is 50.1 Å². The zero-order valence-corrected chi connectivity index (χ0v) is 23.8. The molecule has 7 nitrogen and oxygen atoms in total. The van der Waals surface area contributed by atoms with Crippen LogP contribution in [0, 0.1) is 6.92 Å². The minimum absolute atomic E-state index is 0.253. The number of aryl methyl sites for hydroxylation is 1. The van der Waals surface area contributed by atoms with Gasteiger partial charge in [0.15, 0.2) is 0 Å². The van der Waals surface area contributed by atoms with Crippen LogP contribution in [0.25, 0.3) is 0 Å². The molecule has 0 aliphatic rings. The molecule has 2 atom stereocenters. The van der Waals surface area contributed by atoms with Gasteiger partial charge in [0.05, 0.1) is 13.7 Å². The summed E-state index contributed by atoms with van der Waals surface area (Å²) >= 11 is 0. The molecule has 2 aromatic carbocycles. The van der Waals surface area contributed by atoms with Gasteiger partial charge in [-0.3, -0.25) is 0 Å². The molecule has 0 aromatic heterocycles. The number of esters is 1. The molecule has 0 aliphatic heterocycles. The molecule has 7 heteroatoms. The second kappa shape index (κ2) is 16.6. The first-order valence-corrected chi connectivity index (χ1v) is 12.9. The van der Waals surface area contributed by atoms with E-state index in [0.717, 1.165) is 18.6 Å². The number of hydrogen-bond acceptors (Lipinski definition) is 6. The maximum Gasteiger partial charge on any atom is 0.408 e. The van der Waals surface area contributed by atoms with Crippen molar-refractivity contribution >= 4 is 12.1 Å². The molecule has 0 saturated heterocycles. The van der Waals surface area contributed by atoms with Gasteiger partial charge < -0.3 is 24.3 Å². The summed E-state index contributed by atoms with van der Waals surface area (Å²) in [5.74, 6) is 0.485. The van der Waals surface area contributed by atoms with Crippen LogP contribution in [0.15, 0.2) is 48.5 Å². The highest BCUT2D eigenvalue weighted by atomic mass is 16.6. The predicted octanol–water partition coefficient (Wildman–Crippen LogP) is 6.24. The van der Waals surface area contributed by atoms with E-state index in [1.807, 2.05) is 19.1 Å². The van der Waals surface area contributed by atoms with Gasteiger partial charge in [0, 0.05) is 19.4 Å². The molecule has 0 aliphatic carbocycles. The summed E-state index contributed by atoms with van der Waals surface area (Å²) in [4.78, 5) is 23.4. The van der Waals surface area contributed by atoms with Crippen molar-refractivity contribution in [2.75, 3.05) is 20.3 Å². The summed E-state index contributed by atoms with van der Waals surface area (Å²) in [6.45, 7) is 14.0. The van der Waals surface area contributed by atoms with Crippen LogP contribution >= 0.6 is 0 Å². The standard InChI is InChI=1S/C15H29NO5.C15H16O/c1-7-9-19-10-8-11(2)20-13(17)12(3)16-14(18)21-15(4,5)6;1-12-8-9-15(16-2)14(10-12)11-13-6-4-3-5-7-13/h11-12H,7-10H2,1-6H3,(H,16,18);3-10H,11H2,1-2H3/t11-,12-;/m0./s1. The Bertz CT molecular complexity index is 939. The Morgan fingerprint density at radius 3 is 2.27 bits per heavy atom. The van der Waals surface area contributed by atoms with E-state index in [2.05, 4.69) is 48.6 Å². The zero-order valence-electron chi connectivity index (χ0n) is 23.8. The average molecular weight is 516 g/mol. The summed E-state index contributed by atoms with van der Waals surface area (Å²) in [5.41, 5.74) is 3.23. The lowest BCUT2D eigenvalue weighted by Gasteiger charge is -2.22. The quantitative estimate of drug-likeness (QED) is 0.282. The number of carbonyl (C=O) groups excluding carboxylic acids is 2. The highest BCUT2D eigenvalue weighted by Gasteiger charge is 2.23. The monoisotopic (exact) mass is 515 g/mol. The summed E-state index contributed by atoms with van der Waals surface area (Å²) in [5, 5.41) is 2.45. The fourth-order valence-corrected chi connectivity index (χ4v) is 3.26. The molecule has 37 heavy (non-hydrogen) atoms. The molecule has 0 unspecified atom stereocenters. The van der Waals surface area contributed by atoms with Gasteiger partial charge in [-0.2, -0.15) is 0 Å². The van der Waals surface area contributed by atoms with Gasteiger partial charge in [-0.05, 0) is 65.2 Å². The molecule has 0 saturated carbocycles. The highest BCUT2D eigenvalue weighted by Crippen LogP contribution is 2.22. The Hall–Kier alpha value is -3.06. The number of amides is 1. The Labute approximate surface area is 222 Å². The van der Waals surface area contributed by atoms with E-state index >= 15 is 0 Å². The van der Waals surface area contributed by atoms with Crippen molar-refractivity contribution in [2.24, 2.45) is 0 Å². The Morgan fingerprint density at radius 1 is 1.00 bits per heavy atom. The minimum atomic E-state index is -0.751. The lowest BCUT2D eigenvalue weighted by atomic mass is 10.0. The molecule has 2 aromatic rings. The first kappa shape index (κ1) is 32.0. The number of alkyl carbamates (subject to hydrolysis) is 1. The van der Waals surface area contributed by atoms with Crippen molar-refractivity contribution in [1.29, 1.82) is 0 Å². The van der Waals surface area contributed by atoms with Crippen molar-refractivity contribution < 1.29 is 28.5 Å². The average Bonchev–Trinajstić information content (AvgIpc) is 2.82. The fraction of sp³-hybridized carbons (Fsp3) is 0.533. The summed E-state index contributed by atoms with van der Waals surface area (Å²) < 4.78 is 21.0. The summed E-state index contributed by atoms with van der Waals surface area (Å²) in [6, 6.07) is 16.0. The molecular formula is C30H45NO6. The van der Waals surface area contributed by atoms with Crippen LogP contribution in [0.4, 0.5) is 4.79 Å². The zero-order chi connectivity index (χ0) is 27.8. The van der Waals surface area contributed by atoms with E-state index in [-0.39, 0.29) is 6.10 Å². The van der Waals surface area contributed by atoms with Crippen LogP contribution < -0.4 is 10.1 Å². The summed E-state index contributed by atoms with van der Waals surface area (Å²) in [6.07, 6.45) is 1.63. The topological polar surface area (TPSA) is 83.1 Å². The number of ether oxygens (including phenoxy) is 4. The maximum atomic E-state index is 11.8. The molecular weight excluding hydrogens is 470 g/mol. The normalized spacial score (nSPS) is 12.4. The molecule has 0 heterocycles. The number of carbonyl (C=O) groups is 2. The second-order valence-corrected chi connectivity index (χ2v) is 9.99. The SMILES string of the molecule is CCCOCC[C@H](C)OC(=O)[C@H](C)NC(=O)OC(C)(C)C.COc1ccc(C)cc1Cc1ccccc1. The third-order valence-corrected chi connectivity index (χ3v) is 5.09. The van der Waals surface area contributed by atoms with E-state index in [1.165, 1.54) is 16.7 Å². The predicted molar refractivity (Wildman–Crippen MR) is 147 cm³/mol. The smallest absolute Gasteiger partial charge is 0.408 e. The number of nitrogens with one attached hydrogen (secondary N) is 1. The van der Waals surface area contributed by atoms with Crippen LogP contribution in [0.1, 0.15) is 71.1 Å². The fourth-order valence-electron chi connectivity index (χ4n) is 3.26. The van der Waals surface area contributed by atoms with Gasteiger partial charge in [0.2, 0.25) is 0 Å². The molecule has 2 rings (SSSR count). The molecule has 0 spiro atoms. The van der Waals surface area contributed by atoms with Crippen molar-refractivity contribution in [2.45, 2.75) is 85.5 Å². The van der Waals surface area contributed by atoms with E-state index < -0.39 is 23.7 Å². The number of rotatable bonds is 11. The number of methoxy groups -OCH3 is 1. The van der Waals surface area contributed by atoms with E-state index in [1.54, 1.807) is 41.7 Å². The van der Waals surface area contributed by atoms with Crippen molar-refractivity contribution in [3.05, 3.63) is 65.2 Å².